The minimum Gasteiger partial charge on any atom is -0.507 e. The number of aromatic hydroxyl groups is 1. The lowest BCUT2D eigenvalue weighted by atomic mass is 10.1. The van der Waals surface area contributed by atoms with Crippen molar-refractivity contribution in [3.8, 4) is 17.2 Å². The van der Waals surface area contributed by atoms with E-state index in [-0.39, 0.29) is 5.75 Å². The molecule has 7 heteroatoms. The highest BCUT2D eigenvalue weighted by atomic mass is 16.5. The number of aromatic nitrogens is 1. The molecule has 156 valence electrons. The van der Waals surface area contributed by atoms with Gasteiger partial charge in [-0.3, -0.25) is 14.7 Å². The topological polar surface area (TPSA) is 75.1 Å². The van der Waals surface area contributed by atoms with E-state index in [1.54, 1.807) is 26.4 Å². The van der Waals surface area contributed by atoms with Gasteiger partial charge in [0.05, 0.1) is 25.3 Å². The Morgan fingerprint density at radius 3 is 2.47 bits per heavy atom. The number of carbonyl (C=O) groups excluding carboxylic acids is 1. The number of pyridine rings is 1. The second-order valence-electron chi connectivity index (χ2n) is 7.33. The Balaban J connectivity index is 1.50. The predicted molar refractivity (Wildman–Crippen MR) is 116 cm³/mol. The number of aldehydes is 1. The molecule has 0 saturated carbocycles. The molecule has 0 spiro atoms. The molecule has 0 radical (unpaired) electrons. The van der Waals surface area contributed by atoms with Crippen LogP contribution in [-0.4, -0.2) is 61.7 Å². The van der Waals surface area contributed by atoms with E-state index in [9.17, 15) is 9.90 Å². The van der Waals surface area contributed by atoms with Crippen LogP contribution in [0.1, 0.15) is 15.9 Å². The fraction of sp³-hybridized carbons (Fsp3) is 0.304. The first kappa shape index (κ1) is 20.0. The zero-order valence-electron chi connectivity index (χ0n) is 17.2. The van der Waals surface area contributed by atoms with Crippen LogP contribution in [0.25, 0.3) is 10.9 Å². The zero-order valence-corrected chi connectivity index (χ0v) is 17.2. The molecule has 1 aliphatic rings. The number of fused-ring (bicyclic) bond motifs is 1. The summed E-state index contributed by atoms with van der Waals surface area (Å²) >= 11 is 0. The molecular formula is C23H25N3O4. The van der Waals surface area contributed by atoms with Crippen LogP contribution in [0.3, 0.4) is 0 Å². The number of phenols is 1. The number of anilines is 1. The summed E-state index contributed by atoms with van der Waals surface area (Å²) in [5, 5.41) is 10.7. The summed E-state index contributed by atoms with van der Waals surface area (Å²) in [5.74, 6) is 1.38. The maximum absolute atomic E-state index is 11.1. The Hall–Kier alpha value is -3.32. The number of methoxy groups -OCH3 is 2. The quantitative estimate of drug-likeness (QED) is 0.630. The molecule has 0 aliphatic carbocycles. The minimum absolute atomic E-state index is 0.0233. The van der Waals surface area contributed by atoms with E-state index in [1.165, 1.54) is 0 Å². The van der Waals surface area contributed by atoms with Gasteiger partial charge in [0.1, 0.15) is 5.75 Å². The van der Waals surface area contributed by atoms with E-state index in [1.807, 2.05) is 30.5 Å². The minimum atomic E-state index is 0.0233. The van der Waals surface area contributed by atoms with Crippen molar-refractivity contribution in [3.63, 3.8) is 0 Å². The van der Waals surface area contributed by atoms with Gasteiger partial charge in [-0.05, 0) is 29.8 Å². The molecule has 2 aromatic carbocycles. The summed E-state index contributed by atoms with van der Waals surface area (Å²) < 4.78 is 10.9. The van der Waals surface area contributed by atoms with E-state index < -0.39 is 0 Å². The number of nitrogens with zero attached hydrogens (tertiary/aromatic N) is 3. The maximum atomic E-state index is 11.1. The summed E-state index contributed by atoms with van der Waals surface area (Å²) in [7, 11) is 3.26. The van der Waals surface area contributed by atoms with Crippen molar-refractivity contribution in [1.29, 1.82) is 0 Å². The first-order valence-electron chi connectivity index (χ1n) is 9.88. The number of phenolic OH excluding ortho intramolecular Hbond substituents is 1. The number of rotatable bonds is 6. The highest BCUT2D eigenvalue weighted by Crippen LogP contribution is 2.36. The van der Waals surface area contributed by atoms with Crippen LogP contribution in [-0.2, 0) is 6.54 Å². The molecule has 4 rings (SSSR count). The van der Waals surface area contributed by atoms with Crippen LogP contribution in [0, 0.1) is 0 Å². The fourth-order valence-corrected chi connectivity index (χ4v) is 3.94. The second-order valence-corrected chi connectivity index (χ2v) is 7.33. The van der Waals surface area contributed by atoms with Gasteiger partial charge in [0.25, 0.3) is 0 Å². The lowest BCUT2D eigenvalue weighted by Gasteiger charge is -2.36. The fourth-order valence-electron chi connectivity index (χ4n) is 3.94. The van der Waals surface area contributed by atoms with Gasteiger partial charge in [0.15, 0.2) is 17.8 Å². The van der Waals surface area contributed by atoms with Crippen LogP contribution in [0.15, 0.2) is 42.6 Å². The molecule has 0 atom stereocenters. The van der Waals surface area contributed by atoms with E-state index >= 15 is 0 Å². The normalized spacial score (nSPS) is 14.7. The molecular weight excluding hydrogens is 382 g/mol. The zero-order chi connectivity index (χ0) is 21.1. The Morgan fingerprint density at radius 2 is 1.77 bits per heavy atom. The van der Waals surface area contributed by atoms with Crippen LogP contribution >= 0.6 is 0 Å². The summed E-state index contributed by atoms with van der Waals surface area (Å²) in [6.07, 6.45) is 2.52. The van der Waals surface area contributed by atoms with Gasteiger partial charge in [0.2, 0.25) is 0 Å². The summed E-state index contributed by atoms with van der Waals surface area (Å²) in [4.78, 5) is 20.3. The summed E-state index contributed by atoms with van der Waals surface area (Å²) in [5.41, 5.74) is 3.36. The van der Waals surface area contributed by atoms with Gasteiger partial charge in [-0.1, -0.05) is 6.07 Å². The first-order valence-corrected chi connectivity index (χ1v) is 9.88. The Kier molecular flexibility index (Phi) is 5.72. The van der Waals surface area contributed by atoms with Crippen LogP contribution in [0.2, 0.25) is 0 Å². The van der Waals surface area contributed by atoms with Gasteiger partial charge in [-0.15, -0.1) is 0 Å². The van der Waals surface area contributed by atoms with Gasteiger partial charge in [0, 0.05) is 56.1 Å². The number of hydrogen-bond donors (Lipinski definition) is 1. The molecule has 0 unspecified atom stereocenters. The summed E-state index contributed by atoms with van der Waals surface area (Å²) in [6, 6.07) is 11.1. The molecule has 1 aliphatic heterocycles. The SMILES string of the molecule is COc1cc2nccc(N3CCN(Cc4ccc(O)c(C=O)c4)CC3)c2cc1OC. The van der Waals surface area contributed by atoms with Crippen LogP contribution < -0.4 is 14.4 Å². The lowest BCUT2D eigenvalue weighted by molar-refractivity contribution is 0.112. The Labute approximate surface area is 175 Å². The first-order chi connectivity index (χ1) is 14.6. The van der Waals surface area contributed by atoms with Crippen molar-refractivity contribution in [2.45, 2.75) is 6.54 Å². The van der Waals surface area contributed by atoms with E-state index in [2.05, 4.69) is 14.8 Å². The largest absolute Gasteiger partial charge is 0.507 e. The lowest BCUT2D eigenvalue weighted by Crippen LogP contribution is -2.46. The highest BCUT2D eigenvalue weighted by molar-refractivity contribution is 5.94. The van der Waals surface area contributed by atoms with Crippen molar-refractivity contribution in [2.75, 3.05) is 45.3 Å². The molecule has 1 fully saturated rings. The van der Waals surface area contributed by atoms with E-state index in [0.717, 1.165) is 54.9 Å². The van der Waals surface area contributed by atoms with Crippen molar-refractivity contribution in [3.05, 3.63) is 53.7 Å². The molecule has 1 saturated heterocycles. The number of ether oxygens (including phenoxy) is 2. The molecule has 30 heavy (non-hydrogen) atoms. The Bertz CT molecular complexity index is 1060. The third-order valence-electron chi connectivity index (χ3n) is 5.56. The average molecular weight is 407 g/mol. The predicted octanol–water partition coefficient (Wildman–Crippen LogP) is 3.09. The molecule has 7 nitrogen and oxygen atoms in total. The highest BCUT2D eigenvalue weighted by Gasteiger charge is 2.20. The smallest absolute Gasteiger partial charge is 0.162 e. The monoisotopic (exact) mass is 407 g/mol. The van der Waals surface area contributed by atoms with Crippen molar-refractivity contribution in [2.24, 2.45) is 0 Å². The number of hydrogen-bond acceptors (Lipinski definition) is 7. The van der Waals surface area contributed by atoms with Crippen molar-refractivity contribution < 1.29 is 19.4 Å². The standard InChI is InChI=1S/C23H25N3O4/c1-29-22-12-18-19(13-23(22)30-2)24-6-5-20(18)26-9-7-25(8-10-26)14-16-3-4-21(28)17(11-16)15-27/h3-6,11-13,15,28H,7-10,14H2,1-2H3. The van der Waals surface area contributed by atoms with Gasteiger partial charge in [-0.25, -0.2) is 0 Å². The molecule has 0 bridgehead atoms. The van der Waals surface area contributed by atoms with E-state index in [0.29, 0.717) is 23.3 Å². The van der Waals surface area contributed by atoms with Gasteiger partial charge in [-0.2, -0.15) is 0 Å². The third-order valence-corrected chi connectivity index (χ3v) is 5.56. The number of piperazine rings is 1. The Morgan fingerprint density at radius 1 is 1.03 bits per heavy atom. The van der Waals surface area contributed by atoms with Crippen LogP contribution in [0.4, 0.5) is 5.69 Å². The van der Waals surface area contributed by atoms with Gasteiger partial charge >= 0.3 is 0 Å². The molecule has 1 aromatic heterocycles. The van der Waals surface area contributed by atoms with Crippen LogP contribution in [0.5, 0.6) is 17.2 Å². The molecule has 2 heterocycles. The summed E-state index contributed by atoms with van der Waals surface area (Å²) in [6.45, 7) is 4.30. The molecule has 0 amide bonds. The molecule has 3 aromatic rings. The van der Waals surface area contributed by atoms with E-state index in [4.69, 9.17) is 9.47 Å². The third kappa shape index (κ3) is 3.89. The number of benzene rings is 2. The van der Waals surface area contributed by atoms with Crippen molar-refractivity contribution >= 4 is 22.9 Å². The maximum Gasteiger partial charge on any atom is 0.162 e. The second kappa shape index (κ2) is 8.59. The molecule has 1 N–H and O–H groups in total. The average Bonchev–Trinajstić information content (AvgIpc) is 2.79. The van der Waals surface area contributed by atoms with Gasteiger partial charge < -0.3 is 19.5 Å². The number of carbonyl (C=O) groups is 1. The van der Waals surface area contributed by atoms with Crippen molar-refractivity contribution in [1.82, 2.24) is 9.88 Å².